The number of nitrogens with two attached hydrogens (primary N) is 1. The highest BCUT2D eigenvalue weighted by Crippen LogP contribution is 2.29. The first-order valence-corrected chi connectivity index (χ1v) is 5.03. The molecule has 3 N–H and O–H groups in total. The van der Waals surface area contributed by atoms with Crippen molar-refractivity contribution in [3.05, 3.63) is 0 Å². The number of amides is 2. The molecule has 82 valence electrons. The van der Waals surface area contributed by atoms with Crippen LogP contribution in [-0.4, -0.2) is 17.9 Å². The zero-order valence-corrected chi connectivity index (χ0v) is 8.69. The molecular weight excluding hydrogens is 194 g/mol. The number of nitriles is 1. The molecule has 1 aliphatic rings. The van der Waals surface area contributed by atoms with Crippen molar-refractivity contribution < 1.29 is 9.59 Å². The lowest BCUT2D eigenvalue weighted by Crippen LogP contribution is -2.48. The summed E-state index contributed by atoms with van der Waals surface area (Å²) in [5, 5.41) is 11.1. The van der Waals surface area contributed by atoms with Crippen LogP contribution in [0.3, 0.4) is 0 Å². The van der Waals surface area contributed by atoms with Gasteiger partial charge in [-0.05, 0) is 18.8 Å². The SMILES string of the molecule is C[C@H](CC#N)[C@H](NC(=O)C1CC1)C(N)=O. The molecule has 0 spiro atoms. The molecular formula is C10H15N3O2. The van der Waals surface area contributed by atoms with E-state index >= 15 is 0 Å². The molecule has 5 nitrogen and oxygen atoms in total. The first-order valence-electron chi connectivity index (χ1n) is 5.03. The van der Waals surface area contributed by atoms with Crippen LogP contribution in [0.2, 0.25) is 0 Å². The van der Waals surface area contributed by atoms with Gasteiger partial charge in [-0.3, -0.25) is 9.59 Å². The van der Waals surface area contributed by atoms with Gasteiger partial charge in [-0.25, -0.2) is 0 Å². The summed E-state index contributed by atoms with van der Waals surface area (Å²) in [7, 11) is 0. The van der Waals surface area contributed by atoms with Gasteiger partial charge >= 0.3 is 0 Å². The molecule has 1 rings (SSSR count). The van der Waals surface area contributed by atoms with Crippen LogP contribution < -0.4 is 11.1 Å². The average molecular weight is 209 g/mol. The number of primary amides is 1. The molecule has 1 fully saturated rings. The Morgan fingerprint density at radius 3 is 2.60 bits per heavy atom. The standard InChI is InChI=1S/C10H15N3O2/c1-6(4-5-11)8(9(12)14)13-10(15)7-2-3-7/h6-8H,2-4H2,1H3,(H2,12,14)(H,13,15)/t6-,8+/m1/s1. The molecule has 0 aromatic carbocycles. The Bertz CT molecular complexity index is 304. The molecule has 0 aromatic heterocycles. The minimum Gasteiger partial charge on any atom is -0.368 e. The Hall–Kier alpha value is -1.57. The summed E-state index contributed by atoms with van der Waals surface area (Å²) >= 11 is 0. The number of hydrogen-bond acceptors (Lipinski definition) is 3. The third-order valence-corrected chi connectivity index (χ3v) is 2.53. The lowest BCUT2D eigenvalue weighted by atomic mass is 9.98. The minimum atomic E-state index is -0.724. The monoisotopic (exact) mass is 209 g/mol. The Labute approximate surface area is 88.6 Å². The van der Waals surface area contributed by atoms with E-state index in [0.29, 0.717) is 0 Å². The maximum absolute atomic E-state index is 11.4. The van der Waals surface area contributed by atoms with Crippen LogP contribution in [0.25, 0.3) is 0 Å². The Morgan fingerprint density at radius 2 is 2.20 bits per heavy atom. The molecule has 1 saturated carbocycles. The number of nitrogens with zero attached hydrogens (tertiary/aromatic N) is 1. The van der Waals surface area contributed by atoms with Crippen molar-refractivity contribution in [2.45, 2.75) is 32.2 Å². The largest absolute Gasteiger partial charge is 0.368 e. The summed E-state index contributed by atoms with van der Waals surface area (Å²) in [4.78, 5) is 22.5. The van der Waals surface area contributed by atoms with Crippen molar-refractivity contribution in [2.24, 2.45) is 17.6 Å². The fraction of sp³-hybridized carbons (Fsp3) is 0.700. The third-order valence-electron chi connectivity index (χ3n) is 2.53. The van der Waals surface area contributed by atoms with E-state index in [4.69, 9.17) is 11.0 Å². The zero-order valence-electron chi connectivity index (χ0n) is 8.69. The zero-order chi connectivity index (χ0) is 11.4. The highest BCUT2D eigenvalue weighted by atomic mass is 16.2. The maximum Gasteiger partial charge on any atom is 0.240 e. The molecule has 0 aromatic rings. The van der Waals surface area contributed by atoms with Gasteiger partial charge in [0, 0.05) is 12.3 Å². The lowest BCUT2D eigenvalue weighted by molar-refractivity contribution is -0.129. The molecule has 0 heterocycles. The molecule has 0 radical (unpaired) electrons. The van der Waals surface area contributed by atoms with Gasteiger partial charge in [0.2, 0.25) is 11.8 Å². The van der Waals surface area contributed by atoms with Crippen LogP contribution in [0.5, 0.6) is 0 Å². The number of hydrogen-bond donors (Lipinski definition) is 2. The maximum atomic E-state index is 11.4. The first-order chi connectivity index (χ1) is 7.06. The molecule has 2 atom stereocenters. The second-order valence-electron chi connectivity index (χ2n) is 4.00. The van der Waals surface area contributed by atoms with Crippen LogP contribution in [-0.2, 0) is 9.59 Å². The van der Waals surface area contributed by atoms with Gasteiger partial charge in [0.1, 0.15) is 6.04 Å². The molecule has 5 heteroatoms. The highest BCUT2D eigenvalue weighted by Gasteiger charge is 2.33. The number of nitrogens with one attached hydrogen (secondary N) is 1. The van der Waals surface area contributed by atoms with Gasteiger partial charge < -0.3 is 11.1 Å². The highest BCUT2D eigenvalue weighted by molar-refractivity contribution is 5.88. The Kier molecular flexibility index (Phi) is 3.67. The topological polar surface area (TPSA) is 96.0 Å². The van der Waals surface area contributed by atoms with Crippen LogP contribution in [0, 0.1) is 23.2 Å². The van der Waals surface area contributed by atoms with Gasteiger partial charge in [0.25, 0.3) is 0 Å². The minimum absolute atomic E-state index is 0.0427. The average Bonchev–Trinajstić information content (AvgIpc) is 2.96. The Morgan fingerprint density at radius 1 is 1.60 bits per heavy atom. The first kappa shape index (κ1) is 11.5. The molecule has 1 aliphatic carbocycles. The predicted octanol–water partition coefficient (Wildman–Crippen LogP) is -0.0837. The van der Waals surface area contributed by atoms with Crippen molar-refractivity contribution in [1.82, 2.24) is 5.32 Å². The summed E-state index contributed by atoms with van der Waals surface area (Å²) in [5.41, 5.74) is 5.17. The van der Waals surface area contributed by atoms with E-state index in [1.165, 1.54) is 0 Å². The molecule has 15 heavy (non-hydrogen) atoms. The van der Waals surface area contributed by atoms with E-state index in [1.54, 1.807) is 6.92 Å². The smallest absolute Gasteiger partial charge is 0.240 e. The van der Waals surface area contributed by atoms with E-state index in [9.17, 15) is 9.59 Å². The van der Waals surface area contributed by atoms with E-state index in [0.717, 1.165) is 12.8 Å². The second-order valence-corrected chi connectivity index (χ2v) is 4.00. The summed E-state index contributed by atoms with van der Waals surface area (Å²) in [6.07, 6.45) is 1.96. The van der Waals surface area contributed by atoms with Gasteiger partial charge in [0.05, 0.1) is 6.07 Å². The number of rotatable bonds is 5. The van der Waals surface area contributed by atoms with Crippen molar-refractivity contribution in [1.29, 1.82) is 5.26 Å². The van der Waals surface area contributed by atoms with Gasteiger partial charge in [0.15, 0.2) is 0 Å². The third kappa shape index (κ3) is 3.24. The summed E-state index contributed by atoms with van der Waals surface area (Å²) < 4.78 is 0. The summed E-state index contributed by atoms with van der Waals surface area (Å²) in [6, 6.07) is 1.24. The number of carbonyl (C=O) groups excluding carboxylic acids is 2. The quantitative estimate of drug-likeness (QED) is 0.662. The van der Waals surface area contributed by atoms with Gasteiger partial charge in [-0.15, -0.1) is 0 Å². The molecule has 0 unspecified atom stereocenters. The molecule has 2 amide bonds. The molecule has 0 saturated heterocycles. The van der Waals surface area contributed by atoms with Crippen molar-refractivity contribution in [3.63, 3.8) is 0 Å². The van der Waals surface area contributed by atoms with E-state index < -0.39 is 11.9 Å². The fourth-order valence-electron chi connectivity index (χ4n) is 1.37. The van der Waals surface area contributed by atoms with Crippen molar-refractivity contribution >= 4 is 11.8 Å². The predicted molar refractivity (Wildman–Crippen MR) is 53.2 cm³/mol. The molecule has 0 aliphatic heterocycles. The lowest BCUT2D eigenvalue weighted by Gasteiger charge is -2.20. The van der Waals surface area contributed by atoms with Crippen LogP contribution in [0.15, 0.2) is 0 Å². The Balaban J connectivity index is 2.53. The summed E-state index contributed by atoms with van der Waals surface area (Å²) in [6.45, 7) is 1.73. The van der Waals surface area contributed by atoms with Crippen LogP contribution >= 0.6 is 0 Å². The molecule has 0 bridgehead atoms. The van der Waals surface area contributed by atoms with E-state index in [1.807, 2.05) is 6.07 Å². The van der Waals surface area contributed by atoms with Gasteiger partial charge in [-0.2, -0.15) is 5.26 Å². The summed E-state index contributed by atoms with van der Waals surface area (Å²) in [5.74, 6) is -0.897. The van der Waals surface area contributed by atoms with E-state index in [2.05, 4.69) is 5.32 Å². The normalized spacial score (nSPS) is 18.7. The van der Waals surface area contributed by atoms with Crippen LogP contribution in [0.1, 0.15) is 26.2 Å². The number of carbonyl (C=O) groups is 2. The van der Waals surface area contributed by atoms with Gasteiger partial charge in [-0.1, -0.05) is 6.92 Å². The fourth-order valence-corrected chi connectivity index (χ4v) is 1.37. The van der Waals surface area contributed by atoms with Crippen LogP contribution in [0.4, 0.5) is 0 Å². The van der Waals surface area contributed by atoms with E-state index in [-0.39, 0.29) is 24.2 Å². The van der Waals surface area contributed by atoms with Crippen molar-refractivity contribution in [2.75, 3.05) is 0 Å². The second kappa shape index (κ2) is 4.78. The van der Waals surface area contributed by atoms with Crippen molar-refractivity contribution in [3.8, 4) is 6.07 Å².